The number of aryl methyl sites for hydroxylation is 1. The molecule has 0 fully saturated rings. The Bertz CT molecular complexity index is 318. The fraction of sp³-hybridized carbons (Fsp3) is 0.167. The van der Waals surface area contributed by atoms with E-state index in [-0.39, 0.29) is 0 Å². The molecule has 0 saturated heterocycles. The SMILES string of the molecule is Cc1cn2nccnc2n1. The third-order valence-corrected chi connectivity index (χ3v) is 1.24. The molecular weight excluding hydrogens is 128 g/mol. The summed E-state index contributed by atoms with van der Waals surface area (Å²) in [4.78, 5) is 8.09. The Hall–Kier alpha value is -1.45. The molecule has 50 valence electrons. The minimum atomic E-state index is 0.653. The van der Waals surface area contributed by atoms with Crippen LogP contribution in [-0.4, -0.2) is 19.6 Å². The summed E-state index contributed by atoms with van der Waals surface area (Å²) in [7, 11) is 0. The highest BCUT2D eigenvalue weighted by molar-refractivity contribution is 5.26. The zero-order chi connectivity index (χ0) is 6.97. The Balaban J connectivity index is 2.88. The van der Waals surface area contributed by atoms with Crippen LogP contribution in [0.2, 0.25) is 0 Å². The van der Waals surface area contributed by atoms with Gasteiger partial charge in [0.2, 0.25) is 0 Å². The number of nitrogens with zero attached hydrogens (tertiary/aromatic N) is 4. The van der Waals surface area contributed by atoms with Crippen molar-refractivity contribution in [2.45, 2.75) is 6.92 Å². The summed E-state index contributed by atoms with van der Waals surface area (Å²) in [5, 5.41) is 3.99. The quantitative estimate of drug-likeness (QED) is 0.524. The van der Waals surface area contributed by atoms with E-state index in [1.54, 1.807) is 16.9 Å². The molecular formula is C6H6N4. The fourth-order valence-corrected chi connectivity index (χ4v) is 0.847. The van der Waals surface area contributed by atoms with Gasteiger partial charge in [0, 0.05) is 0 Å². The molecule has 0 aromatic carbocycles. The average Bonchev–Trinajstić information content (AvgIpc) is 2.27. The molecule has 4 heteroatoms. The smallest absolute Gasteiger partial charge is 0.218 e. The maximum atomic E-state index is 4.10. The third kappa shape index (κ3) is 0.655. The van der Waals surface area contributed by atoms with E-state index in [9.17, 15) is 0 Å². The highest BCUT2D eigenvalue weighted by Gasteiger charge is 1.95. The van der Waals surface area contributed by atoms with E-state index < -0.39 is 0 Å². The van der Waals surface area contributed by atoms with Gasteiger partial charge in [0.25, 0.3) is 5.78 Å². The standard InChI is InChI=1S/C6H6N4/c1-5-4-10-6(9-5)7-2-3-8-10/h2-4H,1H3. The zero-order valence-electron chi connectivity index (χ0n) is 5.52. The predicted molar refractivity (Wildman–Crippen MR) is 35.5 cm³/mol. The summed E-state index contributed by atoms with van der Waals surface area (Å²) < 4.78 is 1.65. The maximum Gasteiger partial charge on any atom is 0.250 e. The Labute approximate surface area is 57.5 Å². The largest absolute Gasteiger partial charge is 0.250 e. The summed E-state index contributed by atoms with van der Waals surface area (Å²) >= 11 is 0. The van der Waals surface area contributed by atoms with E-state index in [0.29, 0.717) is 5.78 Å². The molecule has 0 N–H and O–H groups in total. The van der Waals surface area contributed by atoms with Gasteiger partial charge in [0.05, 0.1) is 24.3 Å². The van der Waals surface area contributed by atoms with Crippen molar-refractivity contribution < 1.29 is 0 Å². The first-order valence-corrected chi connectivity index (χ1v) is 2.99. The van der Waals surface area contributed by atoms with Gasteiger partial charge < -0.3 is 0 Å². The molecule has 4 nitrogen and oxygen atoms in total. The number of imidazole rings is 1. The summed E-state index contributed by atoms with van der Waals surface area (Å²) in [6.07, 6.45) is 5.10. The van der Waals surface area contributed by atoms with Crippen LogP contribution in [0.15, 0.2) is 18.6 Å². The van der Waals surface area contributed by atoms with Crippen LogP contribution in [0.1, 0.15) is 5.69 Å². The van der Waals surface area contributed by atoms with Crippen LogP contribution in [0.5, 0.6) is 0 Å². The van der Waals surface area contributed by atoms with Crippen LogP contribution in [0.25, 0.3) is 5.78 Å². The number of hydrogen-bond acceptors (Lipinski definition) is 3. The van der Waals surface area contributed by atoms with Gasteiger partial charge in [-0.1, -0.05) is 0 Å². The second kappa shape index (κ2) is 1.76. The third-order valence-electron chi connectivity index (χ3n) is 1.24. The Kier molecular flexibility index (Phi) is 0.943. The Morgan fingerprint density at radius 3 is 3.10 bits per heavy atom. The second-order valence-electron chi connectivity index (χ2n) is 2.07. The van der Waals surface area contributed by atoms with Gasteiger partial charge in [0.15, 0.2) is 0 Å². The highest BCUT2D eigenvalue weighted by atomic mass is 15.3. The molecule has 10 heavy (non-hydrogen) atoms. The van der Waals surface area contributed by atoms with Crippen molar-refractivity contribution >= 4 is 5.78 Å². The van der Waals surface area contributed by atoms with Crippen molar-refractivity contribution in [1.82, 2.24) is 19.6 Å². The van der Waals surface area contributed by atoms with Crippen molar-refractivity contribution in [3.63, 3.8) is 0 Å². The monoisotopic (exact) mass is 134 g/mol. The fourth-order valence-electron chi connectivity index (χ4n) is 0.847. The molecule has 0 aliphatic heterocycles. The van der Waals surface area contributed by atoms with Crippen molar-refractivity contribution in [3.8, 4) is 0 Å². The summed E-state index contributed by atoms with van der Waals surface area (Å²) in [6, 6.07) is 0. The first-order valence-electron chi connectivity index (χ1n) is 2.99. The maximum absolute atomic E-state index is 4.10. The van der Waals surface area contributed by atoms with E-state index in [0.717, 1.165) is 5.69 Å². The Morgan fingerprint density at radius 1 is 1.40 bits per heavy atom. The van der Waals surface area contributed by atoms with Crippen molar-refractivity contribution in [3.05, 3.63) is 24.3 Å². The molecule has 0 unspecified atom stereocenters. The molecule has 2 heterocycles. The number of rotatable bonds is 0. The van der Waals surface area contributed by atoms with Crippen LogP contribution in [0.3, 0.4) is 0 Å². The summed E-state index contributed by atoms with van der Waals surface area (Å²) in [5.74, 6) is 0.653. The number of fused-ring (bicyclic) bond motifs is 1. The van der Waals surface area contributed by atoms with Gasteiger partial charge in [-0.3, -0.25) is 0 Å². The lowest BCUT2D eigenvalue weighted by molar-refractivity contribution is 0.901. The second-order valence-corrected chi connectivity index (χ2v) is 2.07. The van der Waals surface area contributed by atoms with Crippen LogP contribution >= 0.6 is 0 Å². The minimum absolute atomic E-state index is 0.653. The van der Waals surface area contributed by atoms with Crippen LogP contribution in [0, 0.1) is 6.92 Å². The van der Waals surface area contributed by atoms with E-state index in [1.807, 2.05) is 13.1 Å². The van der Waals surface area contributed by atoms with E-state index >= 15 is 0 Å². The molecule has 0 atom stereocenters. The molecule has 2 aromatic heterocycles. The molecule has 0 spiro atoms. The van der Waals surface area contributed by atoms with E-state index in [1.165, 1.54) is 0 Å². The number of hydrogen-bond donors (Lipinski definition) is 0. The van der Waals surface area contributed by atoms with Gasteiger partial charge in [-0.15, -0.1) is 0 Å². The minimum Gasteiger partial charge on any atom is -0.218 e. The van der Waals surface area contributed by atoms with Crippen LogP contribution < -0.4 is 0 Å². The van der Waals surface area contributed by atoms with Crippen molar-refractivity contribution in [2.24, 2.45) is 0 Å². The molecule has 0 aliphatic rings. The van der Waals surface area contributed by atoms with Gasteiger partial charge >= 0.3 is 0 Å². The number of aromatic nitrogens is 4. The normalized spacial score (nSPS) is 10.5. The van der Waals surface area contributed by atoms with Crippen molar-refractivity contribution in [2.75, 3.05) is 0 Å². The van der Waals surface area contributed by atoms with Crippen molar-refractivity contribution in [1.29, 1.82) is 0 Å². The summed E-state index contributed by atoms with van der Waals surface area (Å²) in [5.41, 5.74) is 0.936. The zero-order valence-corrected chi connectivity index (χ0v) is 5.52. The topological polar surface area (TPSA) is 43.1 Å². The van der Waals surface area contributed by atoms with Crippen LogP contribution in [-0.2, 0) is 0 Å². The molecule has 0 amide bonds. The van der Waals surface area contributed by atoms with E-state index in [2.05, 4.69) is 15.1 Å². The first kappa shape index (κ1) is 5.34. The van der Waals surface area contributed by atoms with Gasteiger partial charge in [-0.25, -0.2) is 14.5 Å². The van der Waals surface area contributed by atoms with E-state index in [4.69, 9.17) is 0 Å². The molecule has 2 rings (SSSR count). The molecule has 0 aliphatic carbocycles. The first-order chi connectivity index (χ1) is 4.86. The molecule has 0 saturated carbocycles. The van der Waals surface area contributed by atoms with Crippen LogP contribution in [0.4, 0.5) is 0 Å². The van der Waals surface area contributed by atoms with Gasteiger partial charge in [0.1, 0.15) is 0 Å². The Morgan fingerprint density at radius 2 is 2.30 bits per heavy atom. The molecule has 0 bridgehead atoms. The molecule has 2 aromatic rings. The van der Waals surface area contributed by atoms with Gasteiger partial charge in [-0.2, -0.15) is 5.10 Å². The highest BCUT2D eigenvalue weighted by Crippen LogP contribution is 1.95. The lowest BCUT2D eigenvalue weighted by atomic mass is 10.6. The average molecular weight is 134 g/mol. The lowest BCUT2D eigenvalue weighted by Gasteiger charge is -1.84. The predicted octanol–water partition coefficient (Wildman–Crippen LogP) is 0.433. The van der Waals surface area contributed by atoms with Gasteiger partial charge in [-0.05, 0) is 6.92 Å². The lowest BCUT2D eigenvalue weighted by Crippen LogP contribution is -1.89. The molecule has 0 radical (unpaired) electrons. The summed E-state index contributed by atoms with van der Waals surface area (Å²) in [6.45, 7) is 1.91.